The molecule has 3 rings (SSSR count). The molecule has 0 radical (unpaired) electrons. The lowest BCUT2D eigenvalue weighted by atomic mass is 10.1. The van der Waals surface area contributed by atoms with Crippen molar-refractivity contribution in [2.45, 2.75) is 19.5 Å². The third-order valence-corrected chi connectivity index (χ3v) is 4.27. The van der Waals surface area contributed by atoms with Crippen molar-refractivity contribution in [3.05, 3.63) is 76.5 Å². The van der Waals surface area contributed by atoms with Gasteiger partial charge in [-0.2, -0.15) is 0 Å². The Labute approximate surface area is 133 Å². The first-order chi connectivity index (χ1) is 10.2. The maximum Gasteiger partial charge on any atom is 0.0346 e. The zero-order chi connectivity index (χ0) is 14.7. The first-order valence-electron chi connectivity index (χ1n) is 7.04. The summed E-state index contributed by atoms with van der Waals surface area (Å²) in [5, 5.41) is 6.05. The second-order valence-corrected chi connectivity index (χ2v) is 6.08. The molecule has 1 aromatic heterocycles. The molecule has 2 aromatic carbocycles. The molecule has 0 saturated heterocycles. The van der Waals surface area contributed by atoms with Crippen LogP contribution in [0.5, 0.6) is 0 Å². The fourth-order valence-electron chi connectivity index (χ4n) is 2.48. The van der Waals surface area contributed by atoms with Crippen LogP contribution in [0.1, 0.15) is 24.1 Å². The average Bonchev–Trinajstić information content (AvgIpc) is 2.53. The van der Waals surface area contributed by atoms with Gasteiger partial charge in [0.2, 0.25) is 0 Å². The van der Waals surface area contributed by atoms with Crippen LogP contribution in [0.4, 0.5) is 0 Å². The van der Waals surface area contributed by atoms with Crippen LogP contribution in [0.3, 0.4) is 0 Å². The number of hydrogen-bond donors (Lipinski definition) is 1. The zero-order valence-corrected chi connectivity index (χ0v) is 13.5. The van der Waals surface area contributed by atoms with Crippen LogP contribution in [0.15, 0.2) is 65.4 Å². The van der Waals surface area contributed by atoms with E-state index < -0.39 is 0 Å². The van der Waals surface area contributed by atoms with Gasteiger partial charge in [-0.3, -0.25) is 4.98 Å². The van der Waals surface area contributed by atoms with Gasteiger partial charge in [-0.25, -0.2) is 0 Å². The Hall–Kier alpha value is -1.71. The van der Waals surface area contributed by atoms with Gasteiger partial charge in [-0.05, 0) is 41.6 Å². The summed E-state index contributed by atoms with van der Waals surface area (Å²) in [7, 11) is 0. The molecular weight excluding hydrogens is 324 g/mol. The molecule has 0 bridgehead atoms. The van der Waals surface area contributed by atoms with E-state index in [1.807, 2.05) is 12.4 Å². The number of hydrogen-bond acceptors (Lipinski definition) is 2. The van der Waals surface area contributed by atoms with E-state index in [1.54, 1.807) is 0 Å². The molecule has 0 amide bonds. The summed E-state index contributed by atoms with van der Waals surface area (Å²) in [5.41, 5.74) is 2.60. The monoisotopic (exact) mass is 340 g/mol. The smallest absolute Gasteiger partial charge is 0.0346 e. The van der Waals surface area contributed by atoms with E-state index in [4.69, 9.17) is 0 Å². The predicted octanol–water partition coefficient (Wildman–Crippen LogP) is 4.85. The Morgan fingerprint density at radius 1 is 1.10 bits per heavy atom. The molecule has 1 N–H and O–H groups in total. The number of benzene rings is 2. The van der Waals surface area contributed by atoms with Crippen molar-refractivity contribution in [3.8, 4) is 0 Å². The molecule has 0 spiro atoms. The molecule has 0 saturated carbocycles. The van der Waals surface area contributed by atoms with Crippen molar-refractivity contribution in [1.29, 1.82) is 0 Å². The Morgan fingerprint density at radius 3 is 2.71 bits per heavy atom. The Kier molecular flexibility index (Phi) is 4.32. The van der Waals surface area contributed by atoms with Gasteiger partial charge in [-0.15, -0.1) is 0 Å². The predicted molar refractivity (Wildman–Crippen MR) is 91.1 cm³/mol. The summed E-state index contributed by atoms with van der Waals surface area (Å²) in [4.78, 5) is 4.18. The largest absolute Gasteiger partial charge is 0.306 e. The fourth-order valence-corrected chi connectivity index (χ4v) is 2.74. The third kappa shape index (κ3) is 3.31. The molecule has 21 heavy (non-hydrogen) atoms. The maximum absolute atomic E-state index is 4.18. The van der Waals surface area contributed by atoms with Crippen molar-refractivity contribution < 1.29 is 0 Å². The van der Waals surface area contributed by atoms with Gasteiger partial charge in [0.25, 0.3) is 0 Å². The highest BCUT2D eigenvalue weighted by molar-refractivity contribution is 9.10. The van der Waals surface area contributed by atoms with Crippen LogP contribution in [0, 0.1) is 0 Å². The van der Waals surface area contributed by atoms with Gasteiger partial charge in [-0.1, -0.05) is 46.3 Å². The highest BCUT2D eigenvalue weighted by Gasteiger charge is 2.06. The van der Waals surface area contributed by atoms with Crippen molar-refractivity contribution in [1.82, 2.24) is 10.3 Å². The summed E-state index contributed by atoms with van der Waals surface area (Å²) >= 11 is 3.47. The van der Waals surface area contributed by atoms with Gasteiger partial charge < -0.3 is 5.32 Å². The minimum atomic E-state index is 0.315. The molecule has 1 atom stereocenters. The van der Waals surface area contributed by atoms with E-state index in [9.17, 15) is 0 Å². The quantitative estimate of drug-likeness (QED) is 0.734. The van der Waals surface area contributed by atoms with Crippen LogP contribution in [0.2, 0.25) is 0 Å². The van der Waals surface area contributed by atoms with Crippen molar-refractivity contribution in [2.75, 3.05) is 0 Å². The van der Waals surface area contributed by atoms with E-state index in [0.29, 0.717) is 6.04 Å². The molecule has 3 aromatic rings. The number of pyridine rings is 1. The second-order valence-electron chi connectivity index (χ2n) is 5.17. The van der Waals surface area contributed by atoms with Crippen LogP contribution < -0.4 is 5.32 Å². The number of fused-ring (bicyclic) bond motifs is 1. The van der Waals surface area contributed by atoms with Crippen LogP contribution in [-0.4, -0.2) is 4.98 Å². The van der Waals surface area contributed by atoms with Gasteiger partial charge in [0, 0.05) is 34.8 Å². The third-order valence-electron chi connectivity index (χ3n) is 3.74. The summed E-state index contributed by atoms with van der Waals surface area (Å²) in [6.45, 7) is 3.04. The summed E-state index contributed by atoms with van der Waals surface area (Å²) in [5.74, 6) is 0. The lowest BCUT2D eigenvalue weighted by molar-refractivity contribution is 0.576. The van der Waals surface area contributed by atoms with Crippen molar-refractivity contribution >= 4 is 26.7 Å². The number of rotatable bonds is 4. The zero-order valence-electron chi connectivity index (χ0n) is 11.9. The molecular formula is C18H17BrN2. The van der Waals surface area contributed by atoms with Gasteiger partial charge in [0.15, 0.2) is 0 Å². The molecule has 0 unspecified atom stereocenters. The molecule has 3 heteroatoms. The summed E-state index contributed by atoms with van der Waals surface area (Å²) < 4.78 is 1.11. The van der Waals surface area contributed by atoms with Gasteiger partial charge >= 0.3 is 0 Å². The molecule has 0 aliphatic heterocycles. The number of aromatic nitrogens is 1. The van der Waals surface area contributed by atoms with E-state index in [1.165, 1.54) is 21.9 Å². The molecule has 106 valence electrons. The van der Waals surface area contributed by atoms with Gasteiger partial charge in [0.05, 0.1) is 0 Å². The average molecular weight is 341 g/mol. The van der Waals surface area contributed by atoms with Crippen LogP contribution >= 0.6 is 15.9 Å². The number of nitrogens with one attached hydrogen (secondary N) is 1. The molecule has 0 fully saturated rings. The second kappa shape index (κ2) is 6.37. The first kappa shape index (κ1) is 14.2. The summed E-state index contributed by atoms with van der Waals surface area (Å²) in [6.07, 6.45) is 3.76. The Morgan fingerprint density at radius 2 is 1.90 bits per heavy atom. The number of nitrogens with zero attached hydrogens (tertiary/aromatic N) is 1. The highest BCUT2D eigenvalue weighted by Crippen LogP contribution is 2.20. The van der Waals surface area contributed by atoms with E-state index >= 15 is 0 Å². The van der Waals surface area contributed by atoms with Crippen molar-refractivity contribution in [3.63, 3.8) is 0 Å². The first-order valence-corrected chi connectivity index (χ1v) is 7.84. The SMILES string of the molecule is C[C@@H](NCc1cccc2cnccc12)c1ccc(Br)cc1. The molecule has 0 aliphatic carbocycles. The lowest BCUT2D eigenvalue weighted by Gasteiger charge is -2.15. The Bertz CT molecular complexity index is 732. The van der Waals surface area contributed by atoms with Crippen molar-refractivity contribution in [2.24, 2.45) is 0 Å². The normalized spacial score (nSPS) is 12.5. The molecule has 1 heterocycles. The Balaban J connectivity index is 1.76. The molecule has 0 aliphatic rings. The minimum absolute atomic E-state index is 0.315. The van der Waals surface area contributed by atoms with Gasteiger partial charge in [0.1, 0.15) is 0 Å². The maximum atomic E-state index is 4.18. The highest BCUT2D eigenvalue weighted by atomic mass is 79.9. The standard InChI is InChI=1S/C18H17BrN2/c1-13(14-5-7-17(19)8-6-14)21-12-16-4-2-3-15-11-20-10-9-18(15)16/h2-11,13,21H,12H2,1H3/t13-/m1/s1. The molecule has 2 nitrogen and oxygen atoms in total. The minimum Gasteiger partial charge on any atom is -0.306 e. The summed E-state index contributed by atoms with van der Waals surface area (Å²) in [6, 6.07) is 17.2. The number of halogens is 1. The van der Waals surface area contributed by atoms with E-state index in [-0.39, 0.29) is 0 Å². The van der Waals surface area contributed by atoms with E-state index in [2.05, 4.69) is 81.7 Å². The van der Waals surface area contributed by atoms with Crippen LogP contribution in [-0.2, 0) is 6.54 Å². The van der Waals surface area contributed by atoms with Crippen LogP contribution in [0.25, 0.3) is 10.8 Å². The fraction of sp³-hybridized carbons (Fsp3) is 0.167. The van der Waals surface area contributed by atoms with E-state index in [0.717, 1.165) is 11.0 Å². The topological polar surface area (TPSA) is 24.9 Å². The lowest BCUT2D eigenvalue weighted by Crippen LogP contribution is -2.18.